The van der Waals surface area contributed by atoms with E-state index in [0.29, 0.717) is 35.0 Å². The first-order valence-electron chi connectivity index (χ1n) is 10.3. The molecule has 2 heterocycles. The molecule has 0 radical (unpaired) electrons. The first-order chi connectivity index (χ1) is 15.2. The highest BCUT2D eigenvalue weighted by Crippen LogP contribution is 2.23. The summed E-state index contributed by atoms with van der Waals surface area (Å²) in [6.07, 6.45) is -0.343. The van der Waals surface area contributed by atoms with Crippen LogP contribution in [0.4, 0.5) is 0 Å². The van der Waals surface area contributed by atoms with Crippen LogP contribution in [0.5, 0.6) is 0 Å². The first kappa shape index (κ1) is 23.1. The van der Waals surface area contributed by atoms with Gasteiger partial charge in [0.1, 0.15) is 0 Å². The molecule has 0 N–H and O–H groups in total. The van der Waals surface area contributed by atoms with E-state index >= 15 is 0 Å². The monoisotopic (exact) mass is 493 g/mol. The Morgan fingerprint density at radius 1 is 1.16 bits per heavy atom. The van der Waals surface area contributed by atoms with E-state index in [4.69, 9.17) is 16.3 Å². The van der Waals surface area contributed by atoms with Crippen LogP contribution in [-0.2, 0) is 21.3 Å². The number of thiazole rings is 1. The highest BCUT2D eigenvalue weighted by atomic mass is 35.5. The van der Waals surface area contributed by atoms with E-state index < -0.39 is 15.9 Å². The quantitative estimate of drug-likeness (QED) is 0.551. The van der Waals surface area contributed by atoms with Crippen LogP contribution in [0.15, 0.2) is 52.4 Å². The smallest absolute Gasteiger partial charge is 0.279 e. The van der Waals surface area contributed by atoms with Gasteiger partial charge >= 0.3 is 0 Å². The second kappa shape index (κ2) is 9.07. The number of nitrogens with zero attached hydrogens (tertiary/aromatic N) is 3. The summed E-state index contributed by atoms with van der Waals surface area (Å²) in [4.78, 5) is 17.8. The molecule has 10 heteroatoms. The third-order valence-corrected chi connectivity index (χ3v) is 8.41. The van der Waals surface area contributed by atoms with E-state index in [2.05, 4.69) is 4.99 Å². The Morgan fingerprint density at radius 3 is 2.44 bits per heavy atom. The van der Waals surface area contributed by atoms with E-state index in [9.17, 15) is 13.2 Å². The lowest BCUT2D eigenvalue weighted by Gasteiger charge is -2.34. The minimum Gasteiger partial charge on any atom is -0.373 e. The Morgan fingerprint density at radius 2 is 1.81 bits per heavy atom. The van der Waals surface area contributed by atoms with Crippen molar-refractivity contribution in [3.63, 3.8) is 0 Å². The number of carbonyl (C=O) groups excluding carboxylic acids is 1. The molecule has 1 saturated heterocycles. The van der Waals surface area contributed by atoms with Gasteiger partial charge in [-0.05, 0) is 63.2 Å². The third kappa shape index (κ3) is 4.53. The molecule has 0 bridgehead atoms. The molecule has 4 rings (SSSR count). The molecule has 0 saturated carbocycles. The maximum atomic E-state index is 13.0. The summed E-state index contributed by atoms with van der Waals surface area (Å²) in [6, 6.07) is 11.5. The Labute approximate surface area is 196 Å². The maximum Gasteiger partial charge on any atom is 0.279 e. The van der Waals surface area contributed by atoms with Crippen molar-refractivity contribution in [2.24, 2.45) is 4.99 Å². The van der Waals surface area contributed by atoms with Crippen LogP contribution in [0.25, 0.3) is 10.2 Å². The molecule has 2 atom stereocenters. The molecule has 3 aromatic rings. The third-order valence-electron chi connectivity index (χ3n) is 5.28. The SMILES string of the molecule is CCn1c(=NC(=O)c2ccc(S(=O)(=O)N3CC(C)OC(C)C3)cc2)sc2cc(Cl)ccc21. The number of halogens is 1. The van der Waals surface area contributed by atoms with Crippen LogP contribution < -0.4 is 4.80 Å². The summed E-state index contributed by atoms with van der Waals surface area (Å²) < 4.78 is 36.0. The van der Waals surface area contributed by atoms with Crippen LogP contribution >= 0.6 is 22.9 Å². The minimum atomic E-state index is -3.66. The number of benzene rings is 2. The average molecular weight is 494 g/mol. The van der Waals surface area contributed by atoms with Crippen LogP contribution in [0.3, 0.4) is 0 Å². The van der Waals surface area contributed by atoms with Crippen LogP contribution in [0.1, 0.15) is 31.1 Å². The fraction of sp³-hybridized carbons (Fsp3) is 0.364. The standard InChI is InChI=1S/C22H24ClN3O4S2/c1-4-26-19-10-7-17(23)11-20(19)31-22(26)24-21(27)16-5-8-18(9-6-16)32(28,29)25-12-14(2)30-15(3)13-25/h5-11,14-15H,4,12-13H2,1-3H3. The van der Waals surface area contributed by atoms with Crippen LogP contribution in [0.2, 0.25) is 5.02 Å². The number of ether oxygens (including phenoxy) is 1. The number of fused-ring (bicyclic) bond motifs is 1. The van der Waals surface area contributed by atoms with Crippen molar-refractivity contribution >= 4 is 49.1 Å². The highest BCUT2D eigenvalue weighted by molar-refractivity contribution is 7.89. The van der Waals surface area contributed by atoms with Gasteiger partial charge in [-0.1, -0.05) is 22.9 Å². The van der Waals surface area contributed by atoms with Gasteiger partial charge in [0.25, 0.3) is 5.91 Å². The normalized spacial score (nSPS) is 20.7. The van der Waals surface area contributed by atoms with Crippen molar-refractivity contribution in [3.8, 4) is 0 Å². The Balaban J connectivity index is 1.62. The van der Waals surface area contributed by atoms with Crippen molar-refractivity contribution in [2.45, 2.75) is 44.4 Å². The number of hydrogen-bond acceptors (Lipinski definition) is 5. The van der Waals surface area contributed by atoms with Gasteiger partial charge < -0.3 is 9.30 Å². The van der Waals surface area contributed by atoms with Gasteiger partial charge in [0.15, 0.2) is 4.80 Å². The van der Waals surface area contributed by atoms with E-state index in [-0.39, 0.29) is 17.1 Å². The number of aromatic nitrogens is 1. The van der Waals surface area contributed by atoms with Gasteiger partial charge in [-0.2, -0.15) is 9.30 Å². The summed E-state index contributed by atoms with van der Waals surface area (Å²) in [5.74, 6) is -0.428. The minimum absolute atomic E-state index is 0.149. The van der Waals surface area contributed by atoms with Crippen molar-refractivity contribution in [1.29, 1.82) is 0 Å². The zero-order valence-electron chi connectivity index (χ0n) is 18.0. The Bertz CT molecular complexity index is 1320. The molecule has 1 fully saturated rings. The van der Waals surface area contributed by atoms with Gasteiger partial charge in [0, 0.05) is 30.2 Å². The lowest BCUT2D eigenvalue weighted by molar-refractivity contribution is -0.0440. The summed E-state index contributed by atoms with van der Waals surface area (Å²) >= 11 is 7.48. The molecule has 1 aliphatic heterocycles. The molecule has 1 amide bonds. The second-order valence-corrected chi connectivity index (χ2v) is 11.1. The number of carbonyl (C=O) groups is 1. The fourth-order valence-electron chi connectivity index (χ4n) is 3.83. The van der Waals surface area contributed by atoms with E-state index in [1.165, 1.54) is 39.9 Å². The molecule has 1 aromatic heterocycles. The summed E-state index contributed by atoms with van der Waals surface area (Å²) in [6.45, 7) is 6.95. The number of morpholine rings is 1. The molecular formula is C22H24ClN3O4S2. The largest absolute Gasteiger partial charge is 0.373 e. The van der Waals surface area contributed by atoms with Crippen molar-refractivity contribution in [2.75, 3.05) is 13.1 Å². The Hall–Kier alpha value is -2.04. The zero-order valence-corrected chi connectivity index (χ0v) is 20.4. The summed E-state index contributed by atoms with van der Waals surface area (Å²) in [5, 5.41) is 0.626. The average Bonchev–Trinajstić information content (AvgIpc) is 3.08. The maximum absolute atomic E-state index is 13.0. The van der Waals surface area contributed by atoms with Crippen molar-refractivity contribution in [1.82, 2.24) is 8.87 Å². The molecule has 170 valence electrons. The molecule has 0 spiro atoms. The van der Waals surface area contributed by atoms with Crippen molar-refractivity contribution in [3.05, 3.63) is 57.9 Å². The van der Waals surface area contributed by atoms with Gasteiger partial charge in [-0.3, -0.25) is 4.79 Å². The molecular weight excluding hydrogens is 470 g/mol. The number of aryl methyl sites for hydroxylation is 1. The number of sulfonamides is 1. The Kier molecular flexibility index (Phi) is 6.56. The molecule has 0 aliphatic carbocycles. The van der Waals surface area contributed by atoms with Gasteiger partial charge in [0.05, 0.1) is 27.3 Å². The fourth-order valence-corrected chi connectivity index (χ4v) is 6.79. The van der Waals surface area contributed by atoms with Crippen LogP contribution in [-0.4, -0.2) is 48.5 Å². The predicted molar refractivity (Wildman–Crippen MR) is 126 cm³/mol. The molecule has 32 heavy (non-hydrogen) atoms. The van der Waals surface area contributed by atoms with Crippen LogP contribution in [0, 0.1) is 0 Å². The summed E-state index contributed by atoms with van der Waals surface area (Å²) in [5.41, 5.74) is 1.29. The topological polar surface area (TPSA) is 81.0 Å². The van der Waals surface area contributed by atoms with Gasteiger partial charge in [-0.25, -0.2) is 8.42 Å². The molecule has 1 aliphatic rings. The molecule has 7 nitrogen and oxygen atoms in total. The van der Waals surface area contributed by atoms with E-state index in [0.717, 1.165) is 10.2 Å². The van der Waals surface area contributed by atoms with E-state index in [1.54, 1.807) is 0 Å². The molecule has 2 unspecified atom stereocenters. The van der Waals surface area contributed by atoms with Gasteiger partial charge in [0.2, 0.25) is 10.0 Å². The second-order valence-electron chi connectivity index (χ2n) is 7.76. The van der Waals surface area contributed by atoms with Gasteiger partial charge in [-0.15, -0.1) is 0 Å². The highest BCUT2D eigenvalue weighted by Gasteiger charge is 2.32. The number of amides is 1. The lowest BCUT2D eigenvalue weighted by Crippen LogP contribution is -2.48. The number of hydrogen-bond donors (Lipinski definition) is 0. The summed E-state index contributed by atoms with van der Waals surface area (Å²) in [7, 11) is -3.66. The lowest BCUT2D eigenvalue weighted by atomic mass is 10.2. The van der Waals surface area contributed by atoms with Crippen molar-refractivity contribution < 1.29 is 17.9 Å². The zero-order chi connectivity index (χ0) is 23.0. The predicted octanol–water partition coefficient (Wildman–Crippen LogP) is 3.92. The molecule has 2 aromatic carbocycles. The number of rotatable bonds is 4. The van der Waals surface area contributed by atoms with E-state index in [1.807, 2.05) is 43.5 Å². The first-order valence-corrected chi connectivity index (χ1v) is 13.0.